The Labute approximate surface area is 145 Å². The van der Waals surface area contributed by atoms with Crippen LogP contribution in [0, 0.1) is 11.7 Å². The second-order valence-corrected chi connectivity index (χ2v) is 6.63. The number of para-hydroxylation sites is 2. The number of nitrogens with zero attached hydrogens (tertiary/aromatic N) is 1. The van der Waals surface area contributed by atoms with Crippen molar-refractivity contribution in [3.05, 3.63) is 59.9 Å². The highest BCUT2D eigenvalue weighted by atomic mass is 19.1. The molecule has 2 amide bonds. The van der Waals surface area contributed by atoms with Crippen molar-refractivity contribution in [3.8, 4) is 0 Å². The fourth-order valence-corrected chi connectivity index (χ4v) is 3.55. The maximum Gasteiger partial charge on any atom is 0.228 e. The Morgan fingerprint density at radius 2 is 1.88 bits per heavy atom. The van der Waals surface area contributed by atoms with Crippen LogP contribution in [0.4, 0.5) is 15.8 Å². The predicted molar refractivity (Wildman–Crippen MR) is 93.9 cm³/mol. The van der Waals surface area contributed by atoms with Crippen molar-refractivity contribution in [1.82, 2.24) is 0 Å². The van der Waals surface area contributed by atoms with Gasteiger partial charge in [-0.05, 0) is 42.5 Å². The number of hydrogen-bond acceptors (Lipinski definition) is 2. The van der Waals surface area contributed by atoms with E-state index >= 15 is 0 Å². The van der Waals surface area contributed by atoms with Gasteiger partial charge < -0.3 is 10.2 Å². The van der Waals surface area contributed by atoms with E-state index in [4.69, 9.17) is 0 Å². The minimum atomic E-state index is -0.258. The molecule has 0 radical (unpaired) electrons. The molecular formula is C20H19FN2O2. The molecule has 4 nitrogen and oxygen atoms in total. The zero-order valence-electron chi connectivity index (χ0n) is 13.7. The highest BCUT2D eigenvalue weighted by Gasteiger charge is 2.45. The Bertz CT molecular complexity index is 836. The molecule has 25 heavy (non-hydrogen) atoms. The van der Waals surface area contributed by atoms with E-state index < -0.39 is 0 Å². The lowest BCUT2D eigenvalue weighted by atomic mass is 10.1. The van der Waals surface area contributed by atoms with E-state index in [1.165, 1.54) is 6.07 Å². The molecule has 1 N–H and O–H groups in total. The summed E-state index contributed by atoms with van der Waals surface area (Å²) in [5.41, 5.74) is 1.98. The van der Waals surface area contributed by atoms with Gasteiger partial charge in [-0.3, -0.25) is 9.59 Å². The molecule has 4 rings (SSSR count). The largest absolute Gasteiger partial charge is 0.324 e. The molecule has 1 aliphatic heterocycles. The molecule has 2 aromatic carbocycles. The van der Waals surface area contributed by atoms with Crippen LogP contribution < -0.4 is 10.2 Å². The molecule has 0 aromatic heterocycles. The standard InChI is InChI=1S/C20H19FN2O2/c21-16-7-2-1-6-13(16)14-12-15(14)20(25)22-17-8-3-4-9-18(17)23-11-5-10-19(23)24/h1-4,6-9,14-15H,5,10-12H2,(H,22,25). The molecule has 5 heteroatoms. The Hall–Kier alpha value is -2.69. The smallest absolute Gasteiger partial charge is 0.228 e. The monoisotopic (exact) mass is 338 g/mol. The van der Waals surface area contributed by atoms with Gasteiger partial charge in [0, 0.05) is 18.9 Å². The van der Waals surface area contributed by atoms with Gasteiger partial charge in [0.1, 0.15) is 5.82 Å². The first kappa shape index (κ1) is 15.8. The highest BCUT2D eigenvalue weighted by molar-refractivity contribution is 6.03. The van der Waals surface area contributed by atoms with E-state index in [0.717, 1.165) is 12.1 Å². The maximum atomic E-state index is 13.9. The van der Waals surface area contributed by atoms with E-state index in [1.807, 2.05) is 18.2 Å². The highest BCUT2D eigenvalue weighted by Crippen LogP contribution is 2.49. The molecule has 0 spiro atoms. The Balaban J connectivity index is 1.49. The molecule has 2 atom stereocenters. The molecule has 0 bridgehead atoms. The van der Waals surface area contributed by atoms with E-state index in [1.54, 1.807) is 29.2 Å². The summed E-state index contributed by atoms with van der Waals surface area (Å²) in [5.74, 6) is -0.586. The van der Waals surface area contributed by atoms with E-state index in [-0.39, 0.29) is 29.5 Å². The number of carbonyl (C=O) groups excluding carboxylic acids is 2. The zero-order valence-corrected chi connectivity index (χ0v) is 13.7. The number of benzene rings is 2. The number of nitrogens with one attached hydrogen (secondary N) is 1. The van der Waals surface area contributed by atoms with Gasteiger partial charge in [0.15, 0.2) is 0 Å². The summed E-state index contributed by atoms with van der Waals surface area (Å²) < 4.78 is 13.9. The van der Waals surface area contributed by atoms with Crippen LogP contribution in [-0.2, 0) is 9.59 Å². The summed E-state index contributed by atoms with van der Waals surface area (Å²) in [7, 11) is 0. The third-order valence-corrected chi connectivity index (χ3v) is 4.96. The summed E-state index contributed by atoms with van der Waals surface area (Å²) in [5, 5.41) is 2.93. The van der Waals surface area contributed by atoms with Gasteiger partial charge in [-0.1, -0.05) is 30.3 Å². The molecular weight excluding hydrogens is 319 g/mol. The molecule has 2 unspecified atom stereocenters. The molecule has 1 saturated carbocycles. The summed E-state index contributed by atoms with van der Waals surface area (Å²) in [6.07, 6.45) is 2.02. The Kier molecular flexibility index (Phi) is 3.99. The van der Waals surface area contributed by atoms with Gasteiger partial charge in [-0.15, -0.1) is 0 Å². The topological polar surface area (TPSA) is 49.4 Å². The van der Waals surface area contributed by atoms with Crippen LogP contribution in [0.5, 0.6) is 0 Å². The molecule has 1 saturated heterocycles. The minimum Gasteiger partial charge on any atom is -0.324 e. The van der Waals surface area contributed by atoms with Crippen LogP contribution in [0.25, 0.3) is 0 Å². The van der Waals surface area contributed by atoms with Gasteiger partial charge in [0.05, 0.1) is 11.4 Å². The van der Waals surface area contributed by atoms with E-state index in [2.05, 4.69) is 5.32 Å². The van der Waals surface area contributed by atoms with Crippen LogP contribution in [0.2, 0.25) is 0 Å². The van der Waals surface area contributed by atoms with Crippen molar-refractivity contribution in [2.24, 2.45) is 5.92 Å². The van der Waals surface area contributed by atoms with Crippen molar-refractivity contribution in [2.75, 3.05) is 16.8 Å². The minimum absolute atomic E-state index is 0.0678. The lowest BCUT2D eigenvalue weighted by molar-refractivity contribution is -0.118. The van der Waals surface area contributed by atoms with Crippen molar-refractivity contribution in [1.29, 1.82) is 0 Å². The Morgan fingerprint density at radius 1 is 1.12 bits per heavy atom. The average molecular weight is 338 g/mol. The second-order valence-electron chi connectivity index (χ2n) is 6.63. The number of halogens is 1. The third kappa shape index (κ3) is 3.02. The van der Waals surface area contributed by atoms with Crippen LogP contribution in [-0.4, -0.2) is 18.4 Å². The molecule has 2 aromatic rings. The summed E-state index contributed by atoms with van der Waals surface area (Å²) in [6, 6.07) is 14.0. The molecule has 2 aliphatic rings. The van der Waals surface area contributed by atoms with Gasteiger partial charge in [-0.2, -0.15) is 0 Å². The molecule has 2 fully saturated rings. The fourth-order valence-electron chi connectivity index (χ4n) is 3.55. The Morgan fingerprint density at radius 3 is 2.64 bits per heavy atom. The van der Waals surface area contributed by atoms with Crippen LogP contribution in [0.1, 0.15) is 30.7 Å². The summed E-state index contributed by atoms with van der Waals surface area (Å²) in [6.45, 7) is 0.674. The average Bonchev–Trinajstić information content (AvgIpc) is 3.30. The molecule has 1 heterocycles. The first-order chi connectivity index (χ1) is 12.1. The van der Waals surface area contributed by atoms with Crippen LogP contribution in [0.15, 0.2) is 48.5 Å². The van der Waals surface area contributed by atoms with Crippen molar-refractivity contribution in [2.45, 2.75) is 25.2 Å². The zero-order chi connectivity index (χ0) is 17.4. The SMILES string of the molecule is O=C(Nc1ccccc1N1CCCC1=O)C1CC1c1ccccc1F. The number of anilines is 2. The summed E-state index contributed by atoms with van der Waals surface area (Å²) >= 11 is 0. The van der Waals surface area contributed by atoms with Crippen molar-refractivity contribution >= 4 is 23.2 Å². The quantitative estimate of drug-likeness (QED) is 0.924. The van der Waals surface area contributed by atoms with Gasteiger partial charge >= 0.3 is 0 Å². The van der Waals surface area contributed by atoms with Gasteiger partial charge in [0.25, 0.3) is 0 Å². The third-order valence-electron chi connectivity index (χ3n) is 4.96. The van der Waals surface area contributed by atoms with Gasteiger partial charge in [0.2, 0.25) is 11.8 Å². The van der Waals surface area contributed by atoms with E-state index in [9.17, 15) is 14.0 Å². The van der Waals surface area contributed by atoms with Crippen LogP contribution >= 0.6 is 0 Å². The number of hydrogen-bond donors (Lipinski definition) is 1. The molecule has 128 valence electrons. The van der Waals surface area contributed by atoms with Crippen molar-refractivity contribution in [3.63, 3.8) is 0 Å². The lowest BCUT2D eigenvalue weighted by Crippen LogP contribution is -2.26. The van der Waals surface area contributed by atoms with Crippen LogP contribution in [0.3, 0.4) is 0 Å². The number of rotatable bonds is 4. The lowest BCUT2D eigenvalue weighted by Gasteiger charge is -2.20. The predicted octanol–water partition coefficient (Wildman–Crippen LogP) is 3.69. The summed E-state index contributed by atoms with van der Waals surface area (Å²) in [4.78, 5) is 26.3. The normalized spacial score (nSPS) is 22.1. The second kappa shape index (κ2) is 6.31. The molecule has 1 aliphatic carbocycles. The van der Waals surface area contributed by atoms with Crippen molar-refractivity contribution < 1.29 is 14.0 Å². The number of carbonyl (C=O) groups is 2. The number of amides is 2. The first-order valence-corrected chi connectivity index (χ1v) is 8.60. The fraction of sp³-hybridized carbons (Fsp3) is 0.300. The maximum absolute atomic E-state index is 13.9. The van der Waals surface area contributed by atoms with E-state index in [0.29, 0.717) is 30.6 Å². The van der Waals surface area contributed by atoms with Gasteiger partial charge in [-0.25, -0.2) is 4.39 Å². The first-order valence-electron chi connectivity index (χ1n) is 8.60.